The van der Waals surface area contributed by atoms with Gasteiger partial charge in [-0.25, -0.2) is 4.39 Å². The molecule has 0 aliphatic heterocycles. The van der Waals surface area contributed by atoms with Gasteiger partial charge < -0.3 is 0 Å². The third-order valence-electron chi connectivity index (χ3n) is 1.29. The van der Waals surface area contributed by atoms with Crippen molar-refractivity contribution in [1.29, 1.82) is 0 Å². The fourth-order valence-corrected chi connectivity index (χ4v) is 0.791. The van der Waals surface area contributed by atoms with Gasteiger partial charge in [-0.2, -0.15) is 4.39 Å². The Labute approximate surface area is 62.7 Å². The number of rotatable bonds is 2. The number of halogens is 2. The number of hydrogen-bond donors (Lipinski definition) is 0. The predicted octanol–water partition coefficient (Wildman–Crippen LogP) is 1.86. The molecule has 0 aliphatic carbocycles. The van der Waals surface area contributed by atoms with Crippen molar-refractivity contribution in [3.8, 4) is 0 Å². The maximum Gasteiger partial charge on any atom is 0.305 e. The lowest BCUT2D eigenvalue weighted by atomic mass is 10.1. The number of carbonyl (C=O) groups excluding carboxylic acids is 1. The van der Waals surface area contributed by atoms with Crippen LogP contribution in [-0.4, -0.2) is 6.04 Å². The highest BCUT2D eigenvalue weighted by atomic mass is 19.1. The van der Waals surface area contributed by atoms with Crippen molar-refractivity contribution >= 4 is 6.04 Å². The quantitative estimate of drug-likeness (QED) is 0.597. The van der Waals surface area contributed by atoms with Crippen LogP contribution in [0.1, 0.15) is 5.56 Å². The van der Waals surface area contributed by atoms with E-state index in [1.807, 2.05) is 0 Å². The van der Waals surface area contributed by atoms with E-state index < -0.39 is 18.3 Å². The second kappa shape index (κ2) is 3.23. The summed E-state index contributed by atoms with van der Waals surface area (Å²) in [6.07, 6.45) is -0.479. The van der Waals surface area contributed by atoms with Gasteiger partial charge in [0.1, 0.15) is 5.82 Å². The van der Waals surface area contributed by atoms with Gasteiger partial charge in [0.25, 0.3) is 0 Å². The minimum absolute atomic E-state index is 0.0972. The first kappa shape index (κ1) is 7.85. The van der Waals surface area contributed by atoms with Crippen molar-refractivity contribution < 1.29 is 13.6 Å². The summed E-state index contributed by atoms with van der Waals surface area (Å²) in [5.41, 5.74) is 0.0972. The van der Waals surface area contributed by atoms with Gasteiger partial charge in [-0.05, 0) is 11.6 Å². The summed E-state index contributed by atoms with van der Waals surface area (Å²) in [5, 5.41) is 0. The van der Waals surface area contributed by atoms with Gasteiger partial charge in [0.15, 0.2) is 0 Å². The predicted molar refractivity (Wildman–Crippen MR) is 36.2 cm³/mol. The van der Waals surface area contributed by atoms with Crippen LogP contribution in [-0.2, 0) is 11.2 Å². The van der Waals surface area contributed by atoms with Crippen LogP contribution < -0.4 is 0 Å². The smallest absolute Gasteiger partial charge is 0.261 e. The zero-order valence-electron chi connectivity index (χ0n) is 5.68. The van der Waals surface area contributed by atoms with Crippen LogP contribution in [0.3, 0.4) is 0 Å². The number of benzene rings is 1. The molecular weight excluding hydrogens is 150 g/mol. The van der Waals surface area contributed by atoms with E-state index in [1.54, 1.807) is 6.07 Å². The van der Waals surface area contributed by atoms with Gasteiger partial charge in [0, 0.05) is 0 Å². The molecule has 0 saturated carbocycles. The molecule has 0 N–H and O–H groups in total. The molecule has 0 saturated heterocycles. The highest BCUT2D eigenvalue weighted by Crippen LogP contribution is 2.07. The van der Waals surface area contributed by atoms with Gasteiger partial charge in [0.05, 0.1) is 6.42 Å². The molecule has 1 aromatic carbocycles. The van der Waals surface area contributed by atoms with Crippen LogP contribution in [0.15, 0.2) is 24.3 Å². The number of carbonyl (C=O) groups is 1. The Bertz CT molecular complexity index is 271. The molecule has 0 atom stereocenters. The second-order valence-corrected chi connectivity index (χ2v) is 2.12. The molecule has 1 nitrogen and oxygen atoms in total. The first-order valence-electron chi connectivity index (χ1n) is 3.12. The van der Waals surface area contributed by atoms with Crippen LogP contribution >= 0.6 is 0 Å². The van der Waals surface area contributed by atoms with Crippen molar-refractivity contribution in [2.45, 2.75) is 6.42 Å². The van der Waals surface area contributed by atoms with Gasteiger partial charge in [-0.15, -0.1) is 0 Å². The Hall–Kier alpha value is -1.25. The molecule has 1 aromatic rings. The van der Waals surface area contributed by atoms with Gasteiger partial charge in [-0.3, -0.25) is 4.79 Å². The zero-order chi connectivity index (χ0) is 8.27. The maximum absolute atomic E-state index is 12.6. The summed E-state index contributed by atoms with van der Waals surface area (Å²) in [4.78, 5) is 9.93. The Kier molecular flexibility index (Phi) is 2.31. The minimum Gasteiger partial charge on any atom is -0.261 e. The van der Waals surface area contributed by atoms with E-state index in [2.05, 4.69) is 0 Å². The molecule has 0 amide bonds. The van der Waals surface area contributed by atoms with Gasteiger partial charge in [0.2, 0.25) is 0 Å². The van der Waals surface area contributed by atoms with E-state index in [0.29, 0.717) is 0 Å². The molecule has 11 heavy (non-hydrogen) atoms. The van der Waals surface area contributed by atoms with Crippen molar-refractivity contribution in [1.82, 2.24) is 0 Å². The van der Waals surface area contributed by atoms with Gasteiger partial charge >= 0.3 is 6.04 Å². The van der Waals surface area contributed by atoms with E-state index in [4.69, 9.17) is 0 Å². The van der Waals surface area contributed by atoms with E-state index in [0.717, 1.165) is 0 Å². The summed E-state index contributed by atoms with van der Waals surface area (Å²) < 4.78 is 24.4. The molecule has 0 heterocycles. The maximum atomic E-state index is 12.6. The molecule has 0 fully saturated rings. The largest absolute Gasteiger partial charge is 0.305 e. The summed E-state index contributed by atoms with van der Waals surface area (Å²) in [6, 6.07) is 4.10. The lowest BCUT2D eigenvalue weighted by molar-refractivity contribution is -0.128. The standard InChI is InChI=1S/C8H6F2O/c9-7-4-2-1-3-6(7)5-8(10)11/h1-4H,5H2. The summed E-state index contributed by atoms with van der Waals surface area (Å²) in [5.74, 6) is -0.543. The van der Waals surface area contributed by atoms with Crippen LogP contribution in [0.2, 0.25) is 0 Å². The van der Waals surface area contributed by atoms with Crippen molar-refractivity contribution in [2.24, 2.45) is 0 Å². The van der Waals surface area contributed by atoms with E-state index in [-0.39, 0.29) is 5.56 Å². The molecule has 0 aromatic heterocycles. The monoisotopic (exact) mass is 156 g/mol. The summed E-state index contributed by atoms with van der Waals surface area (Å²) >= 11 is 0. The van der Waals surface area contributed by atoms with Crippen LogP contribution in [0.5, 0.6) is 0 Å². The lowest BCUT2D eigenvalue weighted by Gasteiger charge is -1.95. The van der Waals surface area contributed by atoms with Crippen LogP contribution in [0.25, 0.3) is 0 Å². The molecule has 1 rings (SSSR count). The lowest BCUT2D eigenvalue weighted by Crippen LogP contribution is -1.96. The molecule has 0 aliphatic rings. The van der Waals surface area contributed by atoms with Crippen molar-refractivity contribution in [3.63, 3.8) is 0 Å². The van der Waals surface area contributed by atoms with E-state index >= 15 is 0 Å². The second-order valence-electron chi connectivity index (χ2n) is 2.12. The van der Waals surface area contributed by atoms with Gasteiger partial charge in [-0.1, -0.05) is 18.2 Å². The van der Waals surface area contributed by atoms with E-state index in [1.165, 1.54) is 18.2 Å². The summed E-state index contributed by atoms with van der Waals surface area (Å²) in [7, 11) is 0. The fraction of sp³-hybridized carbons (Fsp3) is 0.125. The minimum atomic E-state index is -1.52. The highest BCUT2D eigenvalue weighted by molar-refractivity contribution is 5.71. The Morgan fingerprint density at radius 2 is 2.00 bits per heavy atom. The molecule has 0 unspecified atom stereocenters. The Morgan fingerprint density at radius 3 is 2.55 bits per heavy atom. The Morgan fingerprint density at radius 1 is 1.36 bits per heavy atom. The third kappa shape index (κ3) is 2.11. The molecular formula is C8H6F2O. The molecule has 0 spiro atoms. The number of hydrogen-bond acceptors (Lipinski definition) is 1. The average Bonchev–Trinajstić information content (AvgIpc) is 1.93. The first-order chi connectivity index (χ1) is 5.20. The Balaban J connectivity index is 2.86. The normalized spacial score (nSPS) is 9.64. The van der Waals surface area contributed by atoms with E-state index in [9.17, 15) is 13.6 Å². The highest BCUT2D eigenvalue weighted by Gasteiger charge is 2.04. The topological polar surface area (TPSA) is 17.1 Å². The fourth-order valence-electron chi connectivity index (χ4n) is 0.791. The first-order valence-corrected chi connectivity index (χ1v) is 3.12. The van der Waals surface area contributed by atoms with Crippen LogP contribution in [0, 0.1) is 5.82 Å². The summed E-state index contributed by atoms with van der Waals surface area (Å²) in [6.45, 7) is 0. The van der Waals surface area contributed by atoms with Crippen LogP contribution in [0.4, 0.5) is 8.78 Å². The molecule has 58 valence electrons. The SMILES string of the molecule is O=C(F)Cc1ccccc1F. The molecule has 0 bridgehead atoms. The average molecular weight is 156 g/mol. The van der Waals surface area contributed by atoms with Crippen molar-refractivity contribution in [3.05, 3.63) is 35.6 Å². The van der Waals surface area contributed by atoms with Crippen molar-refractivity contribution in [2.75, 3.05) is 0 Å². The zero-order valence-corrected chi connectivity index (χ0v) is 5.68. The molecule has 3 heteroatoms. The molecule has 0 radical (unpaired) electrons. The third-order valence-corrected chi connectivity index (χ3v) is 1.29.